The highest BCUT2D eigenvalue weighted by molar-refractivity contribution is 7.89. The average molecular weight is 509 g/mol. The van der Waals surface area contributed by atoms with E-state index in [0.717, 1.165) is 12.1 Å². The van der Waals surface area contributed by atoms with Crippen LogP contribution in [0.5, 0.6) is 0 Å². The predicted octanol–water partition coefficient (Wildman–Crippen LogP) is 0.742. The molecule has 13 nitrogen and oxygen atoms in total. The summed E-state index contributed by atoms with van der Waals surface area (Å²) in [6.07, 6.45) is -2.19. The molecule has 14 heteroatoms. The fraction of sp³-hybridized carbons (Fsp3) is 0.286. The monoisotopic (exact) mass is 508 g/mol. The molecule has 0 heterocycles. The minimum atomic E-state index is -3.88. The first kappa shape index (κ1) is 27.4. The van der Waals surface area contributed by atoms with Crippen LogP contribution in [-0.4, -0.2) is 48.9 Å². The molecule has 2 amide bonds. The second kappa shape index (κ2) is 12.0. The van der Waals surface area contributed by atoms with E-state index in [4.69, 9.17) is 9.88 Å². The van der Waals surface area contributed by atoms with Crippen LogP contribution in [0, 0.1) is 10.1 Å². The molecule has 0 radical (unpaired) electrons. The molecule has 0 unspecified atom stereocenters. The van der Waals surface area contributed by atoms with Crippen molar-refractivity contribution in [1.82, 2.24) is 5.32 Å². The van der Waals surface area contributed by atoms with Crippen LogP contribution in [0.1, 0.15) is 31.4 Å². The maximum Gasteiger partial charge on any atom is 0.331 e. The molecule has 0 aliphatic heterocycles. The minimum absolute atomic E-state index is 0.0230. The zero-order valence-corrected chi connectivity index (χ0v) is 19.4. The molecular weight excluding hydrogens is 484 g/mol. The Hall–Kier alpha value is -3.88. The summed E-state index contributed by atoms with van der Waals surface area (Å²) in [5.74, 6) is -2.22. The molecule has 2 atom stereocenters. The molecule has 2 rings (SSSR count). The Kier molecular flexibility index (Phi) is 9.39. The van der Waals surface area contributed by atoms with Crippen LogP contribution in [0.2, 0.25) is 0 Å². The Bertz CT molecular complexity index is 1180. The Balaban J connectivity index is 1.99. The quantitative estimate of drug-likeness (QED) is 0.191. The molecule has 0 saturated heterocycles. The molecule has 2 aromatic carbocycles. The third-order valence-electron chi connectivity index (χ3n) is 4.66. The summed E-state index contributed by atoms with van der Waals surface area (Å²) in [6, 6.07) is 8.33. The van der Waals surface area contributed by atoms with Crippen LogP contribution in [0.25, 0.3) is 0 Å². The summed E-state index contributed by atoms with van der Waals surface area (Å²) in [6.45, 7) is 1.51. The second-order valence-corrected chi connectivity index (χ2v) is 8.77. The minimum Gasteiger partial charge on any atom is -0.464 e. The standard InChI is InChI=1S/C21H24N4O9S/c1-2-34-21(29)19(20(28)13-3-7-15(8-4-13)25(30)31)24-18(27)12-11-17(26)23-14-5-9-16(10-6-14)35(22,32)33/h3-10,19-20,28H,2,11-12H2,1H3,(H,23,26)(H,24,27)(H2,22,32,33)/t19-,20+/m0/s1. The van der Waals surface area contributed by atoms with Crippen LogP contribution >= 0.6 is 0 Å². The number of rotatable bonds is 11. The van der Waals surface area contributed by atoms with E-state index in [1.807, 2.05) is 0 Å². The summed E-state index contributed by atoms with van der Waals surface area (Å²) in [5.41, 5.74) is 0.193. The number of carbonyl (C=O) groups is 3. The van der Waals surface area contributed by atoms with Crippen molar-refractivity contribution >= 4 is 39.2 Å². The number of nitro groups is 1. The van der Waals surface area contributed by atoms with E-state index >= 15 is 0 Å². The number of anilines is 1. The van der Waals surface area contributed by atoms with Gasteiger partial charge >= 0.3 is 5.97 Å². The lowest BCUT2D eigenvalue weighted by Crippen LogP contribution is -2.46. The fourth-order valence-corrected chi connectivity index (χ4v) is 3.42. The first-order valence-corrected chi connectivity index (χ1v) is 11.8. The normalized spacial score (nSPS) is 12.8. The molecule has 0 fully saturated rings. The van der Waals surface area contributed by atoms with E-state index in [1.54, 1.807) is 0 Å². The van der Waals surface area contributed by atoms with Crippen molar-refractivity contribution in [3.05, 3.63) is 64.2 Å². The first-order chi connectivity index (χ1) is 16.4. The number of hydrogen-bond acceptors (Lipinski definition) is 9. The molecule has 0 bridgehead atoms. The summed E-state index contributed by atoms with van der Waals surface area (Å²) in [7, 11) is -3.88. The molecule has 0 spiro atoms. The van der Waals surface area contributed by atoms with Crippen molar-refractivity contribution in [3.63, 3.8) is 0 Å². The number of nitrogens with two attached hydrogens (primary N) is 1. The van der Waals surface area contributed by atoms with Crippen LogP contribution in [0.4, 0.5) is 11.4 Å². The maximum atomic E-state index is 12.4. The zero-order valence-electron chi connectivity index (χ0n) is 18.5. The van der Waals surface area contributed by atoms with Crippen molar-refractivity contribution in [3.8, 4) is 0 Å². The molecule has 35 heavy (non-hydrogen) atoms. The van der Waals surface area contributed by atoms with Gasteiger partial charge in [0.15, 0.2) is 6.04 Å². The maximum absolute atomic E-state index is 12.4. The van der Waals surface area contributed by atoms with Gasteiger partial charge in [0, 0.05) is 30.7 Å². The number of aliphatic hydroxyl groups excluding tert-OH is 1. The molecule has 5 N–H and O–H groups in total. The van der Waals surface area contributed by atoms with Gasteiger partial charge in [-0.15, -0.1) is 0 Å². The number of sulfonamides is 1. The van der Waals surface area contributed by atoms with Gasteiger partial charge in [0.1, 0.15) is 6.10 Å². The summed E-state index contributed by atoms with van der Waals surface area (Å²) in [5, 5.41) is 31.2. The number of aliphatic hydroxyl groups is 1. The van der Waals surface area contributed by atoms with E-state index in [9.17, 15) is 38.0 Å². The number of esters is 1. The van der Waals surface area contributed by atoms with Crippen LogP contribution < -0.4 is 15.8 Å². The van der Waals surface area contributed by atoms with Crippen molar-refractivity contribution in [2.24, 2.45) is 5.14 Å². The number of carbonyl (C=O) groups excluding carboxylic acids is 3. The molecule has 0 aromatic heterocycles. The molecule has 0 aliphatic carbocycles. The van der Waals surface area contributed by atoms with Crippen molar-refractivity contribution in [2.75, 3.05) is 11.9 Å². The summed E-state index contributed by atoms with van der Waals surface area (Å²) in [4.78, 5) is 46.9. The molecule has 0 aliphatic rings. The van der Waals surface area contributed by atoms with Gasteiger partial charge in [0.25, 0.3) is 5.69 Å². The van der Waals surface area contributed by atoms with Crippen molar-refractivity contribution in [2.45, 2.75) is 36.8 Å². The number of amides is 2. The van der Waals surface area contributed by atoms with Gasteiger partial charge in [0.2, 0.25) is 21.8 Å². The highest BCUT2D eigenvalue weighted by Crippen LogP contribution is 2.21. The van der Waals surface area contributed by atoms with Gasteiger partial charge in [-0.2, -0.15) is 0 Å². The lowest BCUT2D eigenvalue weighted by atomic mass is 10.0. The molecule has 188 valence electrons. The Labute approximate surface area is 200 Å². The third kappa shape index (κ3) is 8.13. The number of primary sulfonamides is 1. The van der Waals surface area contributed by atoms with Gasteiger partial charge in [-0.25, -0.2) is 18.4 Å². The summed E-state index contributed by atoms with van der Waals surface area (Å²) < 4.78 is 27.4. The van der Waals surface area contributed by atoms with Crippen molar-refractivity contribution in [1.29, 1.82) is 0 Å². The lowest BCUT2D eigenvalue weighted by molar-refractivity contribution is -0.384. The number of nitrogens with one attached hydrogen (secondary N) is 2. The number of hydrogen-bond donors (Lipinski definition) is 4. The van der Waals surface area contributed by atoms with Gasteiger partial charge < -0.3 is 20.5 Å². The van der Waals surface area contributed by atoms with E-state index in [0.29, 0.717) is 0 Å². The number of nitro benzene ring substituents is 1. The van der Waals surface area contributed by atoms with Gasteiger partial charge in [-0.05, 0) is 48.9 Å². The van der Waals surface area contributed by atoms with E-state index in [-0.39, 0.29) is 41.3 Å². The second-order valence-electron chi connectivity index (χ2n) is 7.21. The Morgan fingerprint density at radius 3 is 2.14 bits per heavy atom. The SMILES string of the molecule is CCOC(=O)[C@@H](NC(=O)CCC(=O)Nc1ccc(S(N)(=O)=O)cc1)[C@H](O)c1ccc([N+](=O)[O-])cc1. The van der Waals surface area contributed by atoms with Crippen LogP contribution in [0.15, 0.2) is 53.4 Å². The largest absolute Gasteiger partial charge is 0.464 e. The zero-order chi connectivity index (χ0) is 26.2. The Morgan fingerprint density at radius 1 is 1.06 bits per heavy atom. The first-order valence-electron chi connectivity index (χ1n) is 10.2. The highest BCUT2D eigenvalue weighted by atomic mass is 32.2. The van der Waals surface area contributed by atoms with Crippen molar-refractivity contribution < 1.29 is 37.6 Å². The molecule has 0 saturated carbocycles. The number of non-ortho nitro benzene ring substituents is 1. The van der Waals surface area contributed by atoms with Gasteiger partial charge in [-0.3, -0.25) is 19.7 Å². The van der Waals surface area contributed by atoms with Gasteiger partial charge in [0.05, 0.1) is 16.4 Å². The third-order valence-corrected chi connectivity index (χ3v) is 5.59. The fourth-order valence-electron chi connectivity index (χ4n) is 2.91. The van der Waals surface area contributed by atoms with E-state index in [2.05, 4.69) is 10.6 Å². The van der Waals surface area contributed by atoms with E-state index < -0.39 is 44.9 Å². The lowest BCUT2D eigenvalue weighted by Gasteiger charge is -2.22. The molecular formula is C21H24N4O9S. The predicted molar refractivity (Wildman–Crippen MR) is 122 cm³/mol. The summed E-state index contributed by atoms with van der Waals surface area (Å²) >= 11 is 0. The van der Waals surface area contributed by atoms with Crippen LogP contribution in [-0.2, 0) is 29.1 Å². The topological polar surface area (TPSA) is 208 Å². The van der Waals surface area contributed by atoms with E-state index in [1.165, 1.54) is 43.3 Å². The molecule has 2 aromatic rings. The van der Waals surface area contributed by atoms with Gasteiger partial charge in [-0.1, -0.05) is 0 Å². The number of nitrogens with zero attached hydrogens (tertiary/aromatic N) is 1. The highest BCUT2D eigenvalue weighted by Gasteiger charge is 2.31. The number of benzene rings is 2. The smallest absolute Gasteiger partial charge is 0.331 e. The van der Waals surface area contributed by atoms with Crippen LogP contribution in [0.3, 0.4) is 0 Å². The Morgan fingerprint density at radius 2 is 1.63 bits per heavy atom. The number of ether oxygens (including phenoxy) is 1. The average Bonchev–Trinajstić information content (AvgIpc) is 2.80.